The number of ether oxygens (including phenoxy) is 1. The summed E-state index contributed by atoms with van der Waals surface area (Å²) in [6.45, 7) is 6.66. The van der Waals surface area contributed by atoms with E-state index in [0.717, 1.165) is 6.42 Å². The molecule has 1 aliphatic rings. The van der Waals surface area contributed by atoms with Gasteiger partial charge in [0.2, 0.25) is 0 Å². The number of carbonyl (C=O) groups excluding carboxylic acids is 1. The number of nitrogens with zero attached hydrogens (tertiary/aromatic N) is 3. The lowest BCUT2D eigenvalue weighted by Gasteiger charge is -2.24. The molecule has 2 unspecified atom stereocenters. The Labute approximate surface area is 160 Å². The van der Waals surface area contributed by atoms with Crippen LogP contribution in [0.2, 0.25) is 5.15 Å². The average Bonchev–Trinajstić information content (AvgIpc) is 3.01. The third-order valence-corrected chi connectivity index (χ3v) is 5.90. The smallest absolute Gasteiger partial charge is 0.410 e. The van der Waals surface area contributed by atoms with Gasteiger partial charge < -0.3 is 9.64 Å². The third kappa shape index (κ3) is 4.51. The Kier molecular flexibility index (Phi) is 5.48. The highest BCUT2D eigenvalue weighted by atomic mass is 35.5. The number of fused-ring (bicyclic) bond motifs is 1. The van der Waals surface area contributed by atoms with E-state index >= 15 is 0 Å². The summed E-state index contributed by atoms with van der Waals surface area (Å²) in [5.74, 6) is 0.513. The van der Waals surface area contributed by atoms with E-state index in [9.17, 15) is 9.00 Å². The SMILES string of the molecule is CC(C)(C)OC(=O)N1CCC(CS(=O)c2nc3ccccc3nc2Cl)C1. The minimum absolute atomic E-state index is 0.118. The van der Waals surface area contributed by atoms with Gasteiger partial charge in [0, 0.05) is 18.8 Å². The molecule has 140 valence electrons. The molecule has 1 amide bonds. The van der Waals surface area contributed by atoms with Crippen LogP contribution in [0.3, 0.4) is 0 Å². The van der Waals surface area contributed by atoms with Gasteiger partial charge in [0.1, 0.15) is 5.60 Å². The fourth-order valence-electron chi connectivity index (χ4n) is 2.86. The lowest BCUT2D eigenvalue weighted by atomic mass is 10.2. The lowest BCUT2D eigenvalue weighted by molar-refractivity contribution is 0.0289. The molecule has 2 heterocycles. The molecule has 1 saturated heterocycles. The largest absolute Gasteiger partial charge is 0.444 e. The zero-order valence-electron chi connectivity index (χ0n) is 15.1. The predicted molar refractivity (Wildman–Crippen MR) is 102 cm³/mol. The number of amides is 1. The maximum absolute atomic E-state index is 12.8. The Bertz CT molecular complexity index is 853. The summed E-state index contributed by atoms with van der Waals surface area (Å²) in [6, 6.07) is 7.34. The van der Waals surface area contributed by atoms with Gasteiger partial charge in [-0.1, -0.05) is 23.7 Å². The number of aromatic nitrogens is 2. The van der Waals surface area contributed by atoms with Crippen molar-refractivity contribution in [3.05, 3.63) is 29.4 Å². The number of rotatable bonds is 3. The van der Waals surface area contributed by atoms with Crippen LogP contribution in [-0.2, 0) is 15.5 Å². The zero-order chi connectivity index (χ0) is 18.9. The molecule has 26 heavy (non-hydrogen) atoms. The molecule has 0 radical (unpaired) electrons. The van der Waals surface area contributed by atoms with Crippen LogP contribution in [0, 0.1) is 5.92 Å². The van der Waals surface area contributed by atoms with E-state index in [1.54, 1.807) is 4.90 Å². The fourth-order valence-corrected chi connectivity index (χ4v) is 4.54. The first-order valence-electron chi connectivity index (χ1n) is 8.51. The zero-order valence-corrected chi connectivity index (χ0v) is 16.6. The number of carbonyl (C=O) groups is 1. The molecule has 2 aromatic rings. The Morgan fingerprint density at radius 1 is 1.31 bits per heavy atom. The highest BCUT2D eigenvalue weighted by Crippen LogP contribution is 2.25. The minimum Gasteiger partial charge on any atom is -0.444 e. The molecule has 1 aliphatic heterocycles. The summed E-state index contributed by atoms with van der Waals surface area (Å²) >= 11 is 6.18. The molecular formula is C18H22ClN3O3S. The van der Waals surface area contributed by atoms with Crippen molar-refractivity contribution in [2.75, 3.05) is 18.8 Å². The van der Waals surface area contributed by atoms with Gasteiger partial charge in [-0.15, -0.1) is 0 Å². The fraction of sp³-hybridized carbons (Fsp3) is 0.500. The minimum atomic E-state index is -1.37. The van der Waals surface area contributed by atoms with Gasteiger partial charge >= 0.3 is 6.09 Å². The second kappa shape index (κ2) is 7.48. The Morgan fingerprint density at radius 2 is 1.96 bits per heavy atom. The highest BCUT2D eigenvalue weighted by Gasteiger charge is 2.31. The normalized spacial score (nSPS) is 18.9. The van der Waals surface area contributed by atoms with Crippen LogP contribution >= 0.6 is 11.6 Å². The molecule has 0 aliphatic carbocycles. The molecule has 0 bridgehead atoms. The molecule has 1 fully saturated rings. The van der Waals surface area contributed by atoms with Gasteiger partial charge in [-0.3, -0.25) is 4.21 Å². The summed E-state index contributed by atoms with van der Waals surface area (Å²) in [5, 5.41) is 0.477. The highest BCUT2D eigenvalue weighted by molar-refractivity contribution is 7.85. The molecule has 2 atom stereocenters. The van der Waals surface area contributed by atoms with Crippen LogP contribution in [0.15, 0.2) is 29.3 Å². The van der Waals surface area contributed by atoms with E-state index < -0.39 is 16.4 Å². The molecule has 6 nitrogen and oxygen atoms in total. The maximum Gasteiger partial charge on any atom is 0.410 e. The quantitative estimate of drug-likeness (QED) is 0.793. The summed E-state index contributed by atoms with van der Waals surface area (Å²) in [4.78, 5) is 22.5. The molecule has 0 N–H and O–H groups in total. The predicted octanol–water partition coefficient (Wildman–Crippen LogP) is 3.65. The van der Waals surface area contributed by atoms with Crippen LogP contribution < -0.4 is 0 Å². The monoisotopic (exact) mass is 395 g/mol. The van der Waals surface area contributed by atoms with Crippen LogP contribution in [-0.4, -0.2) is 49.6 Å². The van der Waals surface area contributed by atoms with Crippen LogP contribution in [0.1, 0.15) is 27.2 Å². The number of hydrogen-bond acceptors (Lipinski definition) is 5. The molecule has 0 saturated carbocycles. The summed E-state index contributed by atoms with van der Waals surface area (Å²) in [7, 11) is -1.37. The van der Waals surface area contributed by atoms with E-state index in [2.05, 4.69) is 9.97 Å². The van der Waals surface area contributed by atoms with E-state index in [1.165, 1.54) is 0 Å². The Balaban J connectivity index is 1.66. The van der Waals surface area contributed by atoms with Crippen molar-refractivity contribution in [1.82, 2.24) is 14.9 Å². The van der Waals surface area contributed by atoms with Crippen molar-refractivity contribution >= 4 is 39.5 Å². The molecule has 0 spiro atoms. The van der Waals surface area contributed by atoms with Gasteiger partial charge in [0.15, 0.2) is 10.2 Å². The van der Waals surface area contributed by atoms with Crippen molar-refractivity contribution in [3.8, 4) is 0 Å². The second-order valence-electron chi connectivity index (χ2n) is 7.40. The van der Waals surface area contributed by atoms with E-state index in [4.69, 9.17) is 16.3 Å². The van der Waals surface area contributed by atoms with Crippen molar-refractivity contribution in [1.29, 1.82) is 0 Å². The van der Waals surface area contributed by atoms with Crippen LogP contribution in [0.25, 0.3) is 11.0 Å². The average molecular weight is 396 g/mol. The first-order valence-corrected chi connectivity index (χ1v) is 10.2. The van der Waals surface area contributed by atoms with Gasteiger partial charge in [-0.05, 0) is 45.2 Å². The number of halogens is 1. The standard InChI is InChI=1S/C18H22ClN3O3S/c1-18(2,3)25-17(23)22-9-8-12(10-22)11-26(24)16-15(19)20-13-6-4-5-7-14(13)21-16/h4-7,12H,8-11H2,1-3H3. The molecule has 1 aromatic heterocycles. The maximum atomic E-state index is 12.8. The second-order valence-corrected chi connectivity index (χ2v) is 9.17. The van der Waals surface area contributed by atoms with E-state index in [0.29, 0.717) is 34.9 Å². The van der Waals surface area contributed by atoms with E-state index in [1.807, 2.05) is 45.0 Å². The van der Waals surface area contributed by atoms with Gasteiger partial charge in [0.05, 0.1) is 21.8 Å². The van der Waals surface area contributed by atoms with Gasteiger partial charge in [-0.2, -0.15) is 0 Å². The van der Waals surface area contributed by atoms with E-state index in [-0.39, 0.29) is 17.2 Å². The van der Waals surface area contributed by atoms with Crippen LogP contribution in [0.4, 0.5) is 4.79 Å². The topological polar surface area (TPSA) is 72.4 Å². The van der Waals surface area contributed by atoms with Crippen molar-refractivity contribution in [2.45, 2.75) is 37.8 Å². The number of hydrogen-bond donors (Lipinski definition) is 0. The molecule has 8 heteroatoms. The Hall–Kier alpha value is -1.73. The van der Waals surface area contributed by atoms with Crippen molar-refractivity contribution in [3.63, 3.8) is 0 Å². The summed E-state index contributed by atoms with van der Waals surface area (Å²) < 4.78 is 18.2. The number of para-hydroxylation sites is 2. The van der Waals surface area contributed by atoms with Crippen molar-refractivity contribution < 1.29 is 13.7 Å². The summed E-state index contributed by atoms with van der Waals surface area (Å²) in [5.41, 5.74) is 0.823. The van der Waals surface area contributed by atoms with Crippen LogP contribution in [0.5, 0.6) is 0 Å². The van der Waals surface area contributed by atoms with Crippen molar-refractivity contribution in [2.24, 2.45) is 5.92 Å². The molecular weight excluding hydrogens is 374 g/mol. The first kappa shape index (κ1) is 19.0. The summed E-state index contributed by atoms with van der Waals surface area (Å²) in [6.07, 6.45) is 0.457. The third-order valence-electron chi connectivity index (χ3n) is 4.04. The molecule has 1 aromatic carbocycles. The number of benzene rings is 1. The van der Waals surface area contributed by atoms with Gasteiger partial charge in [0.25, 0.3) is 0 Å². The van der Waals surface area contributed by atoms with Gasteiger partial charge in [-0.25, -0.2) is 14.8 Å². The first-order chi connectivity index (χ1) is 12.2. The molecule has 3 rings (SSSR count). The number of likely N-dealkylation sites (tertiary alicyclic amines) is 1. The Morgan fingerprint density at radius 3 is 2.62 bits per heavy atom. The lowest BCUT2D eigenvalue weighted by Crippen LogP contribution is -2.35.